The smallest absolute Gasteiger partial charge is 0.223 e. The fraction of sp³-hybridized carbons (Fsp3) is 0.545. The number of rotatable bonds is 4. The van der Waals surface area contributed by atoms with Crippen molar-refractivity contribution in [3.63, 3.8) is 0 Å². The fourth-order valence-corrected chi connectivity index (χ4v) is 2.55. The van der Waals surface area contributed by atoms with Crippen LogP contribution in [0.25, 0.3) is 0 Å². The Hall–Kier alpha value is -0.230. The zero-order valence-corrected chi connectivity index (χ0v) is 13.7. The molecular formula is C11H14Cl3N3OS. The molecule has 0 radical (unpaired) electrons. The molecule has 0 aromatic carbocycles. The Morgan fingerprint density at radius 3 is 2.47 bits per heavy atom. The minimum absolute atomic E-state index is 0.186. The summed E-state index contributed by atoms with van der Waals surface area (Å²) in [6, 6.07) is 1.76. The second kappa shape index (κ2) is 6.97. The lowest BCUT2D eigenvalue weighted by molar-refractivity contribution is -0.124. The number of hydrogen-bond donors (Lipinski definition) is 1. The van der Waals surface area contributed by atoms with Gasteiger partial charge in [0.15, 0.2) is 0 Å². The molecule has 0 spiro atoms. The van der Waals surface area contributed by atoms with E-state index in [-0.39, 0.29) is 11.8 Å². The number of alkyl halides is 3. The molecule has 1 amide bonds. The Morgan fingerprint density at radius 1 is 1.37 bits per heavy atom. The number of hydrogen-bond acceptors (Lipinski definition) is 4. The summed E-state index contributed by atoms with van der Waals surface area (Å²) >= 11 is 18.8. The third-order valence-electron chi connectivity index (χ3n) is 2.11. The molecule has 106 valence electrons. The molecule has 4 nitrogen and oxygen atoms in total. The first-order valence-electron chi connectivity index (χ1n) is 5.52. The van der Waals surface area contributed by atoms with E-state index in [0.717, 1.165) is 5.69 Å². The summed E-state index contributed by atoms with van der Waals surface area (Å²) < 4.78 is -1.63. The van der Waals surface area contributed by atoms with Crippen molar-refractivity contribution >= 4 is 52.5 Å². The summed E-state index contributed by atoms with van der Waals surface area (Å²) in [5.41, 5.74) is 0.802. The van der Waals surface area contributed by atoms with Crippen LogP contribution in [0, 0.1) is 12.8 Å². The van der Waals surface area contributed by atoms with Crippen LogP contribution in [0.5, 0.6) is 0 Å². The van der Waals surface area contributed by atoms with Crippen LogP contribution in [0.1, 0.15) is 19.5 Å². The molecule has 1 rings (SSSR count). The highest BCUT2D eigenvalue weighted by Crippen LogP contribution is 2.38. The van der Waals surface area contributed by atoms with Gasteiger partial charge < -0.3 is 5.32 Å². The highest BCUT2D eigenvalue weighted by atomic mass is 35.6. The zero-order chi connectivity index (χ0) is 14.6. The number of aryl methyl sites for hydroxylation is 1. The Labute approximate surface area is 131 Å². The molecule has 0 aliphatic rings. The van der Waals surface area contributed by atoms with Gasteiger partial charge in [0.05, 0.1) is 0 Å². The lowest BCUT2D eigenvalue weighted by Crippen LogP contribution is -2.43. The summed E-state index contributed by atoms with van der Waals surface area (Å²) in [4.78, 5) is 19.8. The summed E-state index contributed by atoms with van der Waals surface area (Å²) in [7, 11) is 0. The Morgan fingerprint density at radius 2 is 2.00 bits per heavy atom. The number of halogens is 3. The number of nitrogens with zero attached hydrogens (tertiary/aromatic N) is 2. The van der Waals surface area contributed by atoms with E-state index < -0.39 is 9.17 Å². The minimum atomic E-state index is -1.63. The number of thioether (sulfide) groups is 1. The predicted molar refractivity (Wildman–Crippen MR) is 79.7 cm³/mol. The molecule has 0 saturated heterocycles. The van der Waals surface area contributed by atoms with E-state index in [4.69, 9.17) is 34.8 Å². The Bertz CT molecular complexity index is 451. The number of nitrogens with one attached hydrogen (secondary N) is 1. The lowest BCUT2D eigenvalue weighted by atomic mass is 10.2. The third kappa shape index (κ3) is 5.73. The maximum atomic E-state index is 11.7. The van der Waals surface area contributed by atoms with Crippen molar-refractivity contribution < 1.29 is 4.79 Å². The first kappa shape index (κ1) is 16.8. The molecule has 1 aromatic rings. The van der Waals surface area contributed by atoms with Crippen LogP contribution in [0.15, 0.2) is 17.4 Å². The predicted octanol–water partition coefficient (Wildman–Crippen LogP) is 3.35. The Balaban J connectivity index is 2.84. The third-order valence-corrected chi connectivity index (χ3v) is 4.33. The molecule has 1 heterocycles. The van der Waals surface area contributed by atoms with Gasteiger partial charge >= 0.3 is 0 Å². The molecule has 0 saturated carbocycles. The van der Waals surface area contributed by atoms with Crippen LogP contribution in [0.2, 0.25) is 0 Å². The molecule has 1 N–H and O–H groups in total. The summed E-state index contributed by atoms with van der Waals surface area (Å²) in [5, 5.41) is 2.60. The van der Waals surface area contributed by atoms with Crippen LogP contribution in [-0.2, 0) is 4.79 Å². The molecule has 0 fully saturated rings. The highest BCUT2D eigenvalue weighted by molar-refractivity contribution is 8.00. The monoisotopic (exact) mass is 341 g/mol. The van der Waals surface area contributed by atoms with Gasteiger partial charge in [-0.3, -0.25) is 4.79 Å². The summed E-state index contributed by atoms with van der Waals surface area (Å²) in [6.07, 6.45) is 1.43. The van der Waals surface area contributed by atoms with Gasteiger partial charge in [0.2, 0.25) is 9.70 Å². The molecule has 1 aromatic heterocycles. The summed E-state index contributed by atoms with van der Waals surface area (Å²) in [5.74, 6) is -0.378. The first-order valence-corrected chi connectivity index (χ1v) is 7.54. The Kier molecular flexibility index (Phi) is 6.17. The standard InChI is InChI=1S/C11H14Cl3N3OS/c1-6(2)9(18)17-10(11(12,13)14)19-8-4-7(3)15-5-16-8/h4-6,10H,1-3H3,(H,17,18). The van der Waals surface area contributed by atoms with Crippen molar-refractivity contribution in [3.05, 3.63) is 18.1 Å². The van der Waals surface area contributed by atoms with Gasteiger partial charge in [-0.15, -0.1) is 0 Å². The van der Waals surface area contributed by atoms with E-state index in [0.29, 0.717) is 5.03 Å². The van der Waals surface area contributed by atoms with E-state index in [2.05, 4.69) is 15.3 Å². The molecule has 19 heavy (non-hydrogen) atoms. The maximum absolute atomic E-state index is 11.7. The molecule has 0 bridgehead atoms. The SMILES string of the molecule is Cc1cc(SC(NC(=O)C(C)C)C(Cl)(Cl)Cl)ncn1. The number of amides is 1. The minimum Gasteiger partial charge on any atom is -0.340 e. The normalized spacial score (nSPS) is 13.4. The van der Waals surface area contributed by atoms with Crippen LogP contribution < -0.4 is 5.32 Å². The molecule has 1 atom stereocenters. The number of carbonyl (C=O) groups is 1. The van der Waals surface area contributed by atoms with Crippen molar-refractivity contribution in [1.29, 1.82) is 0 Å². The second-order valence-electron chi connectivity index (χ2n) is 4.20. The molecular weight excluding hydrogens is 329 g/mol. The molecule has 0 aliphatic heterocycles. The average molecular weight is 343 g/mol. The fourth-order valence-electron chi connectivity index (χ4n) is 1.09. The van der Waals surface area contributed by atoms with Crippen LogP contribution in [-0.4, -0.2) is 25.0 Å². The zero-order valence-electron chi connectivity index (χ0n) is 10.7. The topological polar surface area (TPSA) is 54.9 Å². The second-order valence-corrected chi connectivity index (χ2v) is 7.69. The van der Waals surface area contributed by atoms with Crippen LogP contribution in [0.4, 0.5) is 0 Å². The highest BCUT2D eigenvalue weighted by Gasteiger charge is 2.35. The maximum Gasteiger partial charge on any atom is 0.223 e. The van der Waals surface area contributed by atoms with Crippen molar-refractivity contribution in [2.75, 3.05) is 0 Å². The van der Waals surface area contributed by atoms with E-state index in [1.165, 1.54) is 18.1 Å². The van der Waals surface area contributed by atoms with Gasteiger partial charge in [0, 0.05) is 11.6 Å². The van der Waals surface area contributed by atoms with Gasteiger partial charge in [-0.25, -0.2) is 9.97 Å². The number of carbonyl (C=O) groups excluding carboxylic acids is 1. The number of aromatic nitrogens is 2. The van der Waals surface area contributed by atoms with Crippen LogP contribution >= 0.6 is 46.6 Å². The first-order chi connectivity index (χ1) is 8.70. The van der Waals surface area contributed by atoms with E-state index in [9.17, 15) is 4.79 Å². The van der Waals surface area contributed by atoms with E-state index in [1.807, 2.05) is 6.92 Å². The van der Waals surface area contributed by atoms with Gasteiger partial charge in [-0.1, -0.05) is 60.4 Å². The summed E-state index contributed by atoms with van der Waals surface area (Å²) in [6.45, 7) is 5.37. The van der Waals surface area contributed by atoms with Crippen molar-refractivity contribution in [1.82, 2.24) is 15.3 Å². The van der Waals surface area contributed by atoms with Crippen LogP contribution in [0.3, 0.4) is 0 Å². The quantitative estimate of drug-likeness (QED) is 0.394. The van der Waals surface area contributed by atoms with Gasteiger partial charge in [-0.2, -0.15) is 0 Å². The lowest BCUT2D eigenvalue weighted by Gasteiger charge is -2.25. The van der Waals surface area contributed by atoms with Gasteiger partial charge in [0.1, 0.15) is 16.7 Å². The van der Waals surface area contributed by atoms with Crippen molar-refractivity contribution in [2.45, 2.75) is 35.0 Å². The van der Waals surface area contributed by atoms with Crippen molar-refractivity contribution in [2.24, 2.45) is 5.92 Å². The van der Waals surface area contributed by atoms with Gasteiger partial charge in [-0.05, 0) is 13.0 Å². The largest absolute Gasteiger partial charge is 0.340 e. The van der Waals surface area contributed by atoms with E-state index in [1.54, 1.807) is 19.9 Å². The molecule has 8 heteroatoms. The molecule has 0 aliphatic carbocycles. The average Bonchev–Trinajstić information content (AvgIpc) is 2.26. The molecule has 1 unspecified atom stereocenters. The van der Waals surface area contributed by atoms with Crippen molar-refractivity contribution in [3.8, 4) is 0 Å². The van der Waals surface area contributed by atoms with E-state index >= 15 is 0 Å². The van der Waals surface area contributed by atoms with Gasteiger partial charge in [0.25, 0.3) is 0 Å².